The Hall–Kier alpha value is -0.220. The third-order valence-electron chi connectivity index (χ3n) is 2.49. The molecule has 1 aliphatic carbocycles. The summed E-state index contributed by atoms with van der Waals surface area (Å²) in [4.78, 5) is 0. The van der Waals surface area contributed by atoms with Gasteiger partial charge in [0.05, 0.1) is 6.61 Å². The maximum atomic E-state index is 12.6. The van der Waals surface area contributed by atoms with E-state index in [9.17, 15) is 8.78 Å². The molecular weight excluding hydrogens is 176 g/mol. The predicted molar refractivity (Wildman–Crippen MR) is 46.8 cm³/mol. The minimum atomic E-state index is -2.55. The Morgan fingerprint density at radius 2 is 1.92 bits per heavy atom. The lowest BCUT2D eigenvalue weighted by atomic mass is 9.66. The molecule has 1 aliphatic rings. The second-order valence-electron chi connectivity index (χ2n) is 4.40. The van der Waals surface area contributed by atoms with Crippen molar-refractivity contribution in [1.82, 2.24) is 5.32 Å². The average molecular weight is 193 g/mol. The number of rotatable bonds is 4. The van der Waals surface area contributed by atoms with Crippen LogP contribution in [0.1, 0.15) is 26.7 Å². The maximum Gasteiger partial charge on any atom is 0.249 e. The van der Waals surface area contributed by atoms with E-state index in [1.807, 2.05) is 13.8 Å². The fraction of sp³-hybridized carbons (Fsp3) is 1.00. The summed E-state index contributed by atoms with van der Waals surface area (Å²) in [7, 11) is 0. The van der Waals surface area contributed by atoms with E-state index in [0.717, 1.165) is 0 Å². The van der Waals surface area contributed by atoms with Crippen LogP contribution in [0.5, 0.6) is 0 Å². The zero-order valence-electron chi connectivity index (χ0n) is 8.11. The fourth-order valence-corrected chi connectivity index (χ4v) is 1.76. The van der Waals surface area contributed by atoms with Crippen LogP contribution in [0.2, 0.25) is 0 Å². The molecule has 0 saturated heterocycles. The molecule has 0 spiro atoms. The molecule has 0 atom stereocenters. The minimum absolute atomic E-state index is 0.150. The lowest BCUT2D eigenvalue weighted by Crippen LogP contribution is -2.54. The number of alkyl halides is 2. The van der Waals surface area contributed by atoms with Gasteiger partial charge in [-0.15, -0.1) is 0 Å². The second-order valence-corrected chi connectivity index (χ2v) is 4.40. The molecule has 0 heterocycles. The number of halogens is 2. The molecule has 0 aromatic heterocycles. The summed E-state index contributed by atoms with van der Waals surface area (Å²) in [5.41, 5.74) is -0.576. The van der Waals surface area contributed by atoms with Crippen LogP contribution >= 0.6 is 0 Å². The van der Waals surface area contributed by atoms with Crippen molar-refractivity contribution < 1.29 is 13.9 Å². The zero-order valence-corrected chi connectivity index (χ0v) is 8.11. The van der Waals surface area contributed by atoms with Crippen LogP contribution in [-0.2, 0) is 0 Å². The first kappa shape index (κ1) is 10.9. The largest absolute Gasteiger partial charge is 0.396 e. The molecule has 78 valence electrons. The van der Waals surface area contributed by atoms with Crippen LogP contribution in [-0.4, -0.2) is 30.2 Å². The van der Waals surface area contributed by atoms with Gasteiger partial charge in [-0.2, -0.15) is 0 Å². The van der Waals surface area contributed by atoms with Gasteiger partial charge >= 0.3 is 0 Å². The first-order valence-electron chi connectivity index (χ1n) is 4.61. The molecule has 1 fully saturated rings. The number of nitrogens with one attached hydrogen (secondary N) is 1. The summed E-state index contributed by atoms with van der Waals surface area (Å²) in [6.45, 7) is 4.25. The van der Waals surface area contributed by atoms with Gasteiger partial charge in [0.25, 0.3) is 0 Å². The summed E-state index contributed by atoms with van der Waals surface area (Å²) in [6.07, 6.45) is -0.369. The fourth-order valence-electron chi connectivity index (χ4n) is 1.76. The van der Waals surface area contributed by atoms with Crippen LogP contribution < -0.4 is 5.32 Å². The number of aliphatic hydroxyl groups excluding tert-OH is 1. The summed E-state index contributed by atoms with van der Waals surface area (Å²) in [5, 5.41) is 12.1. The topological polar surface area (TPSA) is 32.3 Å². The molecule has 0 bridgehead atoms. The van der Waals surface area contributed by atoms with Crippen molar-refractivity contribution in [2.75, 3.05) is 13.2 Å². The van der Waals surface area contributed by atoms with Crippen LogP contribution in [0.15, 0.2) is 0 Å². The molecule has 0 radical (unpaired) electrons. The van der Waals surface area contributed by atoms with Gasteiger partial charge in [-0.05, 0) is 0 Å². The molecule has 1 saturated carbocycles. The molecule has 4 heteroatoms. The van der Waals surface area contributed by atoms with Crippen molar-refractivity contribution in [3.8, 4) is 0 Å². The van der Waals surface area contributed by atoms with E-state index in [2.05, 4.69) is 5.32 Å². The van der Waals surface area contributed by atoms with Gasteiger partial charge in [-0.25, -0.2) is 8.78 Å². The minimum Gasteiger partial charge on any atom is -0.396 e. The quantitative estimate of drug-likeness (QED) is 0.707. The van der Waals surface area contributed by atoms with Gasteiger partial charge in [-0.3, -0.25) is 0 Å². The van der Waals surface area contributed by atoms with E-state index >= 15 is 0 Å². The molecule has 1 rings (SSSR count). The summed E-state index contributed by atoms with van der Waals surface area (Å²) in [5.74, 6) is -2.55. The van der Waals surface area contributed by atoms with E-state index in [4.69, 9.17) is 5.11 Å². The molecule has 2 nitrogen and oxygen atoms in total. The van der Waals surface area contributed by atoms with E-state index < -0.39 is 11.3 Å². The van der Waals surface area contributed by atoms with Gasteiger partial charge < -0.3 is 10.4 Å². The van der Waals surface area contributed by atoms with Crippen LogP contribution in [0.4, 0.5) is 8.78 Å². The van der Waals surface area contributed by atoms with E-state index in [0.29, 0.717) is 6.54 Å². The summed E-state index contributed by atoms with van der Waals surface area (Å²) < 4.78 is 25.2. The second kappa shape index (κ2) is 3.50. The highest BCUT2D eigenvalue weighted by molar-refractivity contribution is 5.00. The number of hydrogen-bond acceptors (Lipinski definition) is 2. The van der Waals surface area contributed by atoms with Gasteiger partial charge in [0.2, 0.25) is 5.92 Å². The average Bonchev–Trinajstić information content (AvgIpc) is 1.96. The Bertz CT molecular complexity index is 174. The molecule has 0 amide bonds. The van der Waals surface area contributed by atoms with E-state index in [-0.39, 0.29) is 25.5 Å². The van der Waals surface area contributed by atoms with Crippen LogP contribution in [0, 0.1) is 5.41 Å². The number of aliphatic hydroxyl groups is 1. The Balaban J connectivity index is 2.37. The predicted octanol–water partition coefficient (Wildman–Crippen LogP) is 1.39. The maximum absolute atomic E-state index is 12.6. The van der Waals surface area contributed by atoms with E-state index in [1.54, 1.807) is 0 Å². The number of hydrogen-bond donors (Lipinski definition) is 2. The van der Waals surface area contributed by atoms with Crippen molar-refractivity contribution in [2.24, 2.45) is 5.41 Å². The van der Waals surface area contributed by atoms with Crippen LogP contribution in [0.25, 0.3) is 0 Å². The molecule has 13 heavy (non-hydrogen) atoms. The normalized spacial score (nSPS) is 24.5. The Morgan fingerprint density at radius 1 is 1.38 bits per heavy atom. The Labute approximate surface area is 77.3 Å². The first-order chi connectivity index (χ1) is 5.89. The van der Waals surface area contributed by atoms with Crippen molar-refractivity contribution in [3.63, 3.8) is 0 Å². The smallest absolute Gasteiger partial charge is 0.249 e. The highest BCUT2D eigenvalue weighted by atomic mass is 19.3. The third kappa shape index (κ3) is 2.61. The molecular formula is C9H17F2NO. The third-order valence-corrected chi connectivity index (χ3v) is 2.49. The lowest BCUT2D eigenvalue weighted by Gasteiger charge is -2.46. The monoisotopic (exact) mass is 193 g/mol. The van der Waals surface area contributed by atoms with Gasteiger partial charge in [-0.1, -0.05) is 13.8 Å². The van der Waals surface area contributed by atoms with E-state index in [1.165, 1.54) is 0 Å². The molecule has 0 aliphatic heterocycles. The molecule has 0 aromatic rings. The lowest BCUT2D eigenvalue weighted by molar-refractivity contribution is -0.174. The van der Waals surface area contributed by atoms with Crippen molar-refractivity contribution >= 4 is 0 Å². The van der Waals surface area contributed by atoms with Crippen molar-refractivity contribution in [3.05, 3.63) is 0 Å². The Morgan fingerprint density at radius 3 is 2.23 bits per heavy atom. The molecule has 2 N–H and O–H groups in total. The van der Waals surface area contributed by atoms with Crippen LogP contribution in [0.3, 0.4) is 0 Å². The standard InChI is InChI=1S/C9H17F2NO/c1-7(2)12-5-8(6-13)3-9(10,11)4-8/h7,12-13H,3-6H2,1-2H3. The van der Waals surface area contributed by atoms with Crippen molar-refractivity contribution in [1.29, 1.82) is 0 Å². The SMILES string of the molecule is CC(C)NCC1(CO)CC(F)(F)C1. The Kier molecular flexibility index (Phi) is 2.92. The van der Waals surface area contributed by atoms with Gasteiger partial charge in [0.1, 0.15) is 0 Å². The van der Waals surface area contributed by atoms with Gasteiger partial charge in [0.15, 0.2) is 0 Å². The summed E-state index contributed by atoms with van der Waals surface area (Å²) >= 11 is 0. The highest BCUT2D eigenvalue weighted by Gasteiger charge is 2.55. The molecule has 0 aromatic carbocycles. The molecule has 0 unspecified atom stereocenters. The first-order valence-corrected chi connectivity index (χ1v) is 4.61. The highest BCUT2D eigenvalue weighted by Crippen LogP contribution is 2.51. The van der Waals surface area contributed by atoms with Crippen molar-refractivity contribution in [2.45, 2.75) is 38.7 Å². The summed E-state index contributed by atoms with van der Waals surface area (Å²) in [6, 6.07) is 0.276. The zero-order chi connectivity index (χ0) is 10.1. The van der Waals surface area contributed by atoms with Gasteiger partial charge in [0, 0.05) is 30.8 Å².